The van der Waals surface area contributed by atoms with Crippen molar-refractivity contribution in [1.29, 1.82) is 0 Å². The van der Waals surface area contributed by atoms with Crippen molar-refractivity contribution in [1.82, 2.24) is 10.2 Å². The van der Waals surface area contributed by atoms with Crippen LogP contribution in [0.2, 0.25) is 0 Å². The lowest BCUT2D eigenvalue weighted by molar-refractivity contribution is -0.143. The van der Waals surface area contributed by atoms with Crippen molar-refractivity contribution in [3.05, 3.63) is 70.5 Å². The van der Waals surface area contributed by atoms with Crippen LogP contribution >= 0.6 is 0 Å². The Morgan fingerprint density at radius 2 is 1.58 bits per heavy atom. The molecule has 5 atom stereocenters. The van der Waals surface area contributed by atoms with Crippen molar-refractivity contribution in [2.24, 2.45) is 0 Å². The lowest BCUT2D eigenvalue weighted by Crippen LogP contribution is -2.48. The van der Waals surface area contributed by atoms with Crippen LogP contribution in [0.25, 0.3) is 0 Å². The summed E-state index contributed by atoms with van der Waals surface area (Å²) in [6, 6.07) is 6.64. The van der Waals surface area contributed by atoms with Crippen molar-refractivity contribution < 1.29 is 40.3 Å². The molecule has 2 aromatic carbocycles. The summed E-state index contributed by atoms with van der Waals surface area (Å²) in [5.41, 5.74) is -3.31. The lowest BCUT2D eigenvalue weighted by Gasteiger charge is -2.29. The van der Waals surface area contributed by atoms with E-state index in [4.69, 9.17) is 4.74 Å². The number of likely N-dealkylation sites (N-methyl/N-ethyl adjacent to an activating group) is 1. The predicted molar refractivity (Wildman–Crippen MR) is 116 cm³/mol. The smallest absolute Gasteiger partial charge is 0.368 e. The van der Waals surface area contributed by atoms with E-state index < -0.39 is 53.0 Å². The van der Waals surface area contributed by atoms with E-state index in [1.54, 1.807) is 31.0 Å². The molecule has 0 unspecified atom stereocenters. The maximum atomic E-state index is 13.6. The van der Waals surface area contributed by atoms with Crippen molar-refractivity contribution in [3.63, 3.8) is 0 Å². The van der Waals surface area contributed by atoms with Crippen LogP contribution in [0.15, 0.2) is 42.5 Å². The van der Waals surface area contributed by atoms with Crippen LogP contribution in [0.4, 0.5) is 30.7 Å². The van der Waals surface area contributed by atoms with Crippen molar-refractivity contribution in [3.8, 4) is 0 Å². The van der Waals surface area contributed by atoms with Crippen LogP contribution in [0, 0.1) is 5.82 Å². The minimum Gasteiger partial charge on any atom is -0.368 e. The Labute approximate surface area is 203 Å². The average molecular weight is 518 g/mol. The van der Waals surface area contributed by atoms with E-state index in [1.165, 1.54) is 19.1 Å². The van der Waals surface area contributed by atoms with Crippen LogP contribution in [-0.4, -0.2) is 42.1 Å². The van der Waals surface area contributed by atoms with E-state index in [2.05, 4.69) is 5.32 Å². The number of benzene rings is 2. The molecule has 4 nitrogen and oxygen atoms in total. The first kappa shape index (κ1) is 26.4. The predicted octanol–water partition coefficient (Wildman–Crippen LogP) is 5.69. The number of alkyl halides is 6. The van der Waals surface area contributed by atoms with Gasteiger partial charge in [-0.05, 0) is 68.8 Å². The lowest BCUT2D eigenvalue weighted by atomic mass is 9.84. The molecule has 2 heterocycles. The number of fused-ring (bicyclic) bond motifs is 1. The van der Waals surface area contributed by atoms with Crippen molar-refractivity contribution >= 4 is 5.91 Å². The van der Waals surface area contributed by atoms with E-state index in [0.717, 1.165) is 0 Å². The minimum atomic E-state index is -4.98. The van der Waals surface area contributed by atoms with Gasteiger partial charge in [-0.15, -0.1) is 0 Å². The number of halogens is 7. The zero-order chi connectivity index (χ0) is 26.6. The standard InChI is InChI=1S/C25H25F7N2O2/c1-13(15-8-16(24(27,28)29)10-17(9-15)25(30,31)32)36-20-12-34-19(11-23(2,33-3)22(34)35)21(20)14-4-6-18(26)7-5-14/h4-10,13,19-21,33H,11-12H2,1-3H3/t13-,19+,20+,21+,23-/m1/s1. The van der Waals surface area contributed by atoms with Crippen LogP contribution in [-0.2, 0) is 21.9 Å². The van der Waals surface area contributed by atoms with Gasteiger partial charge in [0, 0.05) is 18.5 Å². The molecule has 0 aliphatic carbocycles. The molecule has 0 spiro atoms. The van der Waals surface area contributed by atoms with E-state index in [-0.39, 0.29) is 30.1 Å². The zero-order valence-electron chi connectivity index (χ0n) is 19.7. The largest absolute Gasteiger partial charge is 0.416 e. The van der Waals surface area contributed by atoms with Crippen molar-refractivity contribution in [2.75, 3.05) is 13.6 Å². The molecule has 2 saturated heterocycles. The number of rotatable bonds is 5. The third-order valence-corrected chi connectivity index (χ3v) is 7.21. The number of amides is 1. The highest BCUT2D eigenvalue weighted by molar-refractivity contribution is 5.89. The van der Waals surface area contributed by atoms with Crippen LogP contribution in [0.1, 0.15) is 54.5 Å². The first-order valence-corrected chi connectivity index (χ1v) is 11.3. The van der Waals surface area contributed by atoms with Gasteiger partial charge in [0.05, 0.1) is 28.9 Å². The quantitative estimate of drug-likeness (QED) is 0.518. The first-order valence-electron chi connectivity index (χ1n) is 11.3. The maximum absolute atomic E-state index is 13.6. The van der Waals surface area contributed by atoms with Gasteiger partial charge in [-0.3, -0.25) is 4.79 Å². The highest BCUT2D eigenvalue weighted by atomic mass is 19.4. The second kappa shape index (κ2) is 9.02. The van der Waals surface area contributed by atoms with Gasteiger partial charge in [0.1, 0.15) is 5.82 Å². The fraction of sp³-hybridized carbons (Fsp3) is 0.480. The topological polar surface area (TPSA) is 41.6 Å². The summed E-state index contributed by atoms with van der Waals surface area (Å²) in [4.78, 5) is 14.7. The summed E-state index contributed by atoms with van der Waals surface area (Å²) in [5, 5.41) is 3.02. The van der Waals surface area contributed by atoms with E-state index in [0.29, 0.717) is 24.1 Å². The number of nitrogens with zero attached hydrogens (tertiary/aromatic N) is 1. The molecule has 0 aromatic heterocycles. The zero-order valence-corrected chi connectivity index (χ0v) is 19.7. The Morgan fingerprint density at radius 1 is 1.03 bits per heavy atom. The molecular formula is C25H25F7N2O2. The van der Waals surface area contributed by atoms with Gasteiger partial charge >= 0.3 is 12.4 Å². The van der Waals surface area contributed by atoms with Gasteiger partial charge in [-0.25, -0.2) is 4.39 Å². The molecule has 2 fully saturated rings. The number of carbonyl (C=O) groups excluding carboxylic acids is 1. The fourth-order valence-electron chi connectivity index (χ4n) is 5.19. The Kier molecular flexibility index (Phi) is 6.62. The molecule has 2 aliphatic rings. The number of ether oxygens (including phenoxy) is 1. The molecule has 0 bridgehead atoms. The van der Waals surface area contributed by atoms with Gasteiger partial charge in [-0.2, -0.15) is 26.3 Å². The molecule has 0 radical (unpaired) electrons. The molecule has 4 rings (SSSR count). The van der Waals surface area contributed by atoms with E-state index in [9.17, 15) is 35.5 Å². The second-order valence-electron chi connectivity index (χ2n) is 9.54. The molecule has 11 heteroatoms. The molecule has 0 saturated carbocycles. The summed E-state index contributed by atoms with van der Waals surface area (Å²) in [6.07, 6.45) is -11.4. The molecule has 36 heavy (non-hydrogen) atoms. The molecule has 196 valence electrons. The van der Waals surface area contributed by atoms with Crippen LogP contribution < -0.4 is 5.32 Å². The van der Waals surface area contributed by atoms with Crippen LogP contribution in [0.5, 0.6) is 0 Å². The van der Waals surface area contributed by atoms with Gasteiger partial charge in [0.15, 0.2) is 0 Å². The Bertz CT molecular complexity index is 1100. The van der Waals surface area contributed by atoms with Crippen LogP contribution in [0.3, 0.4) is 0 Å². The van der Waals surface area contributed by atoms with E-state index >= 15 is 0 Å². The second-order valence-corrected chi connectivity index (χ2v) is 9.54. The number of carbonyl (C=O) groups is 1. The highest BCUT2D eigenvalue weighted by Gasteiger charge is 2.57. The summed E-state index contributed by atoms with van der Waals surface area (Å²) in [5.74, 6) is -1.11. The maximum Gasteiger partial charge on any atom is 0.416 e. The molecule has 2 aromatic rings. The van der Waals surface area contributed by atoms with E-state index in [1.807, 2.05) is 0 Å². The fourth-order valence-corrected chi connectivity index (χ4v) is 5.19. The number of nitrogens with one attached hydrogen (secondary N) is 1. The minimum absolute atomic E-state index is 0.0699. The Hall–Kier alpha value is -2.66. The summed E-state index contributed by atoms with van der Waals surface area (Å²) < 4.78 is 99.7. The first-order chi connectivity index (χ1) is 16.6. The summed E-state index contributed by atoms with van der Waals surface area (Å²) >= 11 is 0. The highest BCUT2D eigenvalue weighted by Crippen LogP contribution is 2.46. The average Bonchev–Trinajstić information content (AvgIpc) is 3.26. The molecule has 2 aliphatic heterocycles. The number of hydrogen-bond acceptors (Lipinski definition) is 3. The molecule has 1 amide bonds. The third-order valence-electron chi connectivity index (χ3n) is 7.21. The molecule has 1 N–H and O–H groups in total. The van der Waals surface area contributed by atoms with Gasteiger partial charge in [0.2, 0.25) is 5.91 Å². The van der Waals surface area contributed by atoms with Gasteiger partial charge in [0.25, 0.3) is 0 Å². The normalized spacial score (nSPS) is 27.4. The monoisotopic (exact) mass is 518 g/mol. The summed E-state index contributed by atoms with van der Waals surface area (Å²) in [7, 11) is 1.66. The SMILES string of the molecule is CN[C@]1(C)C[C@H]2[C@H](c3ccc(F)cc3)[C@@H](O[C@H](C)c3cc(C(F)(F)F)cc(C(F)(F)F)c3)CN2C1=O. The van der Waals surface area contributed by atoms with Gasteiger partial charge in [-0.1, -0.05) is 12.1 Å². The summed E-state index contributed by atoms with van der Waals surface area (Å²) in [6.45, 7) is 3.23. The Morgan fingerprint density at radius 3 is 2.08 bits per heavy atom. The van der Waals surface area contributed by atoms with Gasteiger partial charge < -0.3 is 15.0 Å². The van der Waals surface area contributed by atoms with Crippen molar-refractivity contribution in [2.45, 2.75) is 62.3 Å². The Balaban J connectivity index is 1.68. The number of hydrogen-bond donors (Lipinski definition) is 1. The third kappa shape index (κ3) is 4.82. The molecular weight excluding hydrogens is 493 g/mol.